The fourth-order valence-electron chi connectivity index (χ4n) is 4.16. The van der Waals surface area contributed by atoms with Gasteiger partial charge in [0.15, 0.2) is 17.9 Å². The van der Waals surface area contributed by atoms with Gasteiger partial charge in [0.2, 0.25) is 0 Å². The molecule has 0 aromatic heterocycles. The van der Waals surface area contributed by atoms with Gasteiger partial charge in [-0.2, -0.15) is 0 Å². The summed E-state index contributed by atoms with van der Waals surface area (Å²) < 4.78 is 11.6. The van der Waals surface area contributed by atoms with E-state index in [0.29, 0.717) is 17.5 Å². The molecule has 2 aromatic rings. The number of aromatic hydroxyl groups is 1. The van der Waals surface area contributed by atoms with Crippen LogP contribution in [0.5, 0.6) is 5.75 Å². The van der Waals surface area contributed by atoms with Crippen LogP contribution in [0.15, 0.2) is 36.4 Å². The van der Waals surface area contributed by atoms with Crippen molar-refractivity contribution in [2.45, 2.75) is 44.5 Å². The van der Waals surface area contributed by atoms with Crippen molar-refractivity contribution in [2.75, 3.05) is 14.1 Å². The fourth-order valence-corrected chi connectivity index (χ4v) is 4.16. The summed E-state index contributed by atoms with van der Waals surface area (Å²) in [4.78, 5) is 27.6. The van der Waals surface area contributed by atoms with Gasteiger partial charge in [0.25, 0.3) is 0 Å². The third kappa shape index (κ3) is 3.44. The van der Waals surface area contributed by atoms with Gasteiger partial charge in [0.05, 0.1) is 24.4 Å². The maximum atomic E-state index is 12.9. The SMILES string of the molecule is C[C@@H]1O[C@@H](OCc2ccc3c(c2O)C(=O)c2ccccc2C3=O)C[C@@H](N(C)C)[C@@H]1O. The first-order valence-electron chi connectivity index (χ1n) is 9.94. The van der Waals surface area contributed by atoms with Gasteiger partial charge in [-0.15, -0.1) is 0 Å². The lowest BCUT2D eigenvalue weighted by molar-refractivity contribution is -0.238. The Bertz CT molecular complexity index is 1000. The molecule has 158 valence electrons. The third-order valence-corrected chi connectivity index (χ3v) is 5.91. The number of hydrogen-bond acceptors (Lipinski definition) is 7. The number of benzene rings is 2. The average Bonchev–Trinajstić information content (AvgIpc) is 2.73. The number of hydrogen-bond donors (Lipinski definition) is 2. The number of fused-ring (bicyclic) bond motifs is 2. The number of aliphatic hydroxyl groups excluding tert-OH is 1. The lowest BCUT2D eigenvalue weighted by Crippen LogP contribution is -2.53. The summed E-state index contributed by atoms with van der Waals surface area (Å²) >= 11 is 0. The number of rotatable bonds is 4. The zero-order valence-corrected chi connectivity index (χ0v) is 17.2. The molecular weight excluding hydrogens is 386 g/mol. The molecule has 1 saturated heterocycles. The van der Waals surface area contributed by atoms with Gasteiger partial charge in [0.1, 0.15) is 5.75 Å². The van der Waals surface area contributed by atoms with Crippen molar-refractivity contribution in [1.82, 2.24) is 4.90 Å². The molecule has 0 bridgehead atoms. The van der Waals surface area contributed by atoms with Crippen molar-refractivity contribution in [3.63, 3.8) is 0 Å². The molecule has 4 rings (SSSR count). The minimum Gasteiger partial charge on any atom is -0.507 e. The molecule has 7 heteroatoms. The van der Waals surface area contributed by atoms with Crippen LogP contribution in [-0.2, 0) is 16.1 Å². The van der Waals surface area contributed by atoms with E-state index in [1.54, 1.807) is 43.3 Å². The van der Waals surface area contributed by atoms with Crippen LogP contribution in [0.4, 0.5) is 0 Å². The molecule has 1 aliphatic carbocycles. The molecule has 1 heterocycles. The van der Waals surface area contributed by atoms with Crippen molar-refractivity contribution in [3.05, 3.63) is 64.2 Å². The monoisotopic (exact) mass is 411 g/mol. The first kappa shape index (κ1) is 20.7. The van der Waals surface area contributed by atoms with Gasteiger partial charge in [-0.25, -0.2) is 0 Å². The van der Waals surface area contributed by atoms with E-state index in [4.69, 9.17) is 9.47 Å². The number of likely N-dealkylation sites (N-methyl/N-ethyl adjacent to an activating group) is 1. The van der Waals surface area contributed by atoms with Gasteiger partial charge in [-0.1, -0.05) is 30.3 Å². The number of nitrogens with zero attached hydrogens (tertiary/aromatic N) is 1. The zero-order chi connectivity index (χ0) is 21.6. The van der Waals surface area contributed by atoms with E-state index in [1.165, 1.54) is 0 Å². The normalized spacial score (nSPS) is 25.9. The first-order chi connectivity index (χ1) is 14.3. The molecule has 1 aliphatic heterocycles. The number of phenolic OH excluding ortho intramolecular Hbond substituents is 1. The Hall–Kier alpha value is -2.58. The van der Waals surface area contributed by atoms with Crippen molar-refractivity contribution in [3.8, 4) is 5.75 Å². The number of carbonyl (C=O) groups is 2. The number of ketones is 2. The summed E-state index contributed by atoms with van der Waals surface area (Å²) in [6.07, 6.45) is -1.12. The van der Waals surface area contributed by atoms with Gasteiger partial charge < -0.3 is 24.6 Å². The molecule has 2 N–H and O–H groups in total. The van der Waals surface area contributed by atoms with Crippen LogP contribution >= 0.6 is 0 Å². The van der Waals surface area contributed by atoms with Crippen LogP contribution in [0.3, 0.4) is 0 Å². The zero-order valence-electron chi connectivity index (χ0n) is 17.2. The summed E-state index contributed by atoms with van der Waals surface area (Å²) in [5.41, 5.74) is 1.24. The molecule has 0 amide bonds. The molecule has 30 heavy (non-hydrogen) atoms. The Morgan fingerprint density at radius 1 is 1.07 bits per heavy atom. The molecule has 0 spiro atoms. The van der Waals surface area contributed by atoms with Gasteiger partial charge in [-0.05, 0) is 27.1 Å². The van der Waals surface area contributed by atoms with Crippen molar-refractivity contribution in [2.24, 2.45) is 0 Å². The third-order valence-electron chi connectivity index (χ3n) is 5.91. The summed E-state index contributed by atoms with van der Waals surface area (Å²) in [5, 5.41) is 21.1. The molecule has 7 nitrogen and oxygen atoms in total. The van der Waals surface area contributed by atoms with Crippen molar-refractivity contribution < 1.29 is 29.3 Å². The van der Waals surface area contributed by atoms with Gasteiger partial charge >= 0.3 is 0 Å². The number of phenols is 1. The number of aliphatic hydroxyl groups is 1. The van der Waals surface area contributed by atoms with Crippen molar-refractivity contribution >= 4 is 11.6 Å². The second kappa shape index (κ2) is 7.92. The van der Waals surface area contributed by atoms with E-state index >= 15 is 0 Å². The number of ether oxygens (including phenoxy) is 2. The van der Waals surface area contributed by atoms with Crippen LogP contribution in [-0.4, -0.2) is 65.3 Å². The first-order valence-corrected chi connectivity index (χ1v) is 9.94. The van der Waals surface area contributed by atoms with Crippen LogP contribution in [0.25, 0.3) is 0 Å². The highest BCUT2D eigenvalue weighted by Gasteiger charge is 2.37. The fraction of sp³-hybridized carbons (Fsp3) is 0.391. The highest BCUT2D eigenvalue weighted by molar-refractivity contribution is 6.29. The lowest BCUT2D eigenvalue weighted by Gasteiger charge is -2.40. The van der Waals surface area contributed by atoms with Crippen LogP contribution in [0.2, 0.25) is 0 Å². The highest BCUT2D eigenvalue weighted by atomic mass is 16.7. The van der Waals surface area contributed by atoms with Crippen LogP contribution in [0, 0.1) is 0 Å². The second-order valence-electron chi connectivity index (χ2n) is 8.04. The van der Waals surface area contributed by atoms with E-state index < -0.39 is 18.5 Å². The van der Waals surface area contributed by atoms with E-state index in [2.05, 4.69) is 0 Å². The lowest BCUT2D eigenvalue weighted by atomic mass is 9.83. The Balaban J connectivity index is 1.56. The molecule has 2 aliphatic rings. The molecule has 1 fully saturated rings. The summed E-state index contributed by atoms with van der Waals surface area (Å²) in [6, 6.07) is 9.63. The predicted octanol–water partition coefficient (Wildman–Crippen LogP) is 2.11. The molecule has 4 atom stereocenters. The Morgan fingerprint density at radius 3 is 2.40 bits per heavy atom. The Morgan fingerprint density at radius 2 is 1.73 bits per heavy atom. The average molecular weight is 411 g/mol. The quantitative estimate of drug-likeness (QED) is 0.679. The Labute approximate surface area is 174 Å². The minimum absolute atomic E-state index is 0.00978. The smallest absolute Gasteiger partial charge is 0.198 e. The van der Waals surface area contributed by atoms with Crippen LogP contribution < -0.4 is 0 Å². The highest BCUT2D eigenvalue weighted by Crippen LogP contribution is 2.35. The molecule has 0 unspecified atom stereocenters. The molecule has 0 radical (unpaired) electrons. The molecular formula is C23H25NO6. The van der Waals surface area contributed by atoms with Crippen molar-refractivity contribution in [1.29, 1.82) is 0 Å². The summed E-state index contributed by atoms with van der Waals surface area (Å²) in [7, 11) is 3.78. The molecule has 2 aromatic carbocycles. The standard InChI is InChI=1S/C23H25NO6/c1-12-20(25)17(24(2)3)10-18(30-12)29-11-13-8-9-16-19(21(13)26)23(28)15-7-5-4-6-14(15)22(16)27/h4-9,12,17-18,20,25-26H,10-11H2,1-3H3/t12-,17+,18+,20+/m0/s1. The van der Waals surface area contributed by atoms with Crippen LogP contribution in [0.1, 0.15) is 50.8 Å². The van der Waals surface area contributed by atoms with E-state index in [-0.39, 0.29) is 46.7 Å². The Kier molecular flexibility index (Phi) is 5.46. The largest absolute Gasteiger partial charge is 0.507 e. The summed E-state index contributed by atoms with van der Waals surface area (Å²) in [6.45, 7) is 1.80. The topological polar surface area (TPSA) is 96.3 Å². The summed E-state index contributed by atoms with van der Waals surface area (Å²) in [5.74, 6) is -0.901. The maximum absolute atomic E-state index is 12.9. The minimum atomic E-state index is -0.624. The number of carbonyl (C=O) groups excluding carboxylic acids is 2. The van der Waals surface area contributed by atoms with Gasteiger partial charge in [0, 0.05) is 34.7 Å². The maximum Gasteiger partial charge on any atom is 0.198 e. The van der Waals surface area contributed by atoms with E-state index in [0.717, 1.165) is 0 Å². The van der Waals surface area contributed by atoms with E-state index in [1.807, 2.05) is 19.0 Å². The van der Waals surface area contributed by atoms with E-state index in [9.17, 15) is 19.8 Å². The van der Waals surface area contributed by atoms with Gasteiger partial charge in [-0.3, -0.25) is 9.59 Å². The predicted molar refractivity (Wildman–Crippen MR) is 109 cm³/mol. The molecule has 0 saturated carbocycles. The second-order valence-corrected chi connectivity index (χ2v) is 8.04.